The van der Waals surface area contributed by atoms with E-state index in [4.69, 9.17) is 9.88 Å². The Bertz CT molecular complexity index is 719. The average molecular weight is 336 g/mol. The minimum Gasteiger partial charge on any atom is -0.495 e. The predicted molar refractivity (Wildman–Crippen MR) is 81.2 cm³/mol. The summed E-state index contributed by atoms with van der Waals surface area (Å²) in [6, 6.07) is 3.72. The molecule has 0 saturated carbocycles. The Morgan fingerprint density at radius 2 is 1.76 bits per heavy atom. The Morgan fingerprint density at radius 3 is 2.19 bits per heavy atom. The van der Waals surface area contributed by atoms with Crippen LogP contribution in [-0.2, 0) is 20.0 Å². The van der Waals surface area contributed by atoms with Crippen molar-refractivity contribution in [2.45, 2.75) is 25.7 Å². The number of primary sulfonamides is 1. The van der Waals surface area contributed by atoms with Gasteiger partial charge < -0.3 is 4.74 Å². The molecule has 0 atom stereocenters. The highest BCUT2D eigenvalue weighted by atomic mass is 32.2. The summed E-state index contributed by atoms with van der Waals surface area (Å²) in [5, 5.41) is 5.04. The summed E-state index contributed by atoms with van der Waals surface area (Å²) in [4.78, 5) is -0.197. The van der Waals surface area contributed by atoms with Crippen LogP contribution in [0.5, 0.6) is 5.75 Å². The molecule has 1 aromatic carbocycles. The van der Waals surface area contributed by atoms with Gasteiger partial charge in [0, 0.05) is 0 Å². The molecular weight excluding hydrogens is 316 g/mol. The summed E-state index contributed by atoms with van der Waals surface area (Å²) < 4.78 is 54.2. The Balaban J connectivity index is 3.23. The Morgan fingerprint density at radius 1 is 1.19 bits per heavy atom. The first-order valence-corrected chi connectivity index (χ1v) is 9.25. The molecule has 120 valence electrons. The molecule has 3 N–H and O–H groups in total. The lowest BCUT2D eigenvalue weighted by Crippen LogP contribution is -2.26. The van der Waals surface area contributed by atoms with Crippen LogP contribution < -0.4 is 14.6 Å². The molecule has 0 saturated heterocycles. The van der Waals surface area contributed by atoms with Gasteiger partial charge in [-0.25, -0.2) is 22.0 Å². The summed E-state index contributed by atoms with van der Waals surface area (Å²) in [7, 11) is -6.23. The minimum absolute atomic E-state index is 0.0354. The first-order valence-electron chi connectivity index (χ1n) is 6.05. The fourth-order valence-corrected chi connectivity index (χ4v) is 3.96. The second-order valence-corrected chi connectivity index (χ2v) is 9.11. The Hall–Kier alpha value is -1.32. The highest BCUT2D eigenvalue weighted by Gasteiger charge is 2.23. The first kappa shape index (κ1) is 17.7. The maximum absolute atomic E-state index is 12.1. The van der Waals surface area contributed by atoms with Gasteiger partial charge in [-0.2, -0.15) is 0 Å². The van der Waals surface area contributed by atoms with Gasteiger partial charge in [-0.1, -0.05) is 20.8 Å². The summed E-state index contributed by atoms with van der Waals surface area (Å²) in [5.74, 6) is 0.0860. The largest absolute Gasteiger partial charge is 0.495 e. The molecule has 0 bridgehead atoms. The molecule has 1 aromatic rings. The van der Waals surface area contributed by atoms with Crippen LogP contribution in [0, 0.1) is 5.41 Å². The number of anilines is 1. The summed E-state index contributed by atoms with van der Waals surface area (Å²) in [5.41, 5.74) is -0.412. The molecule has 0 aliphatic carbocycles. The maximum Gasteiger partial charge on any atom is 0.238 e. The molecule has 0 aromatic heterocycles. The monoisotopic (exact) mass is 336 g/mol. The number of sulfonamides is 2. The molecule has 0 unspecified atom stereocenters. The van der Waals surface area contributed by atoms with E-state index in [1.54, 1.807) is 20.8 Å². The van der Waals surface area contributed by atoms with Crippen molar-refractivity contribution < 1.29 is 21.6 Å². The van der Waals surface area contributed by atoms with Crippen molar-refractivity contribution in [1.82, 2.24) is 0 Å². The fraction of sp³-hybridized carbons (Fsp3) is 0.500. The van der Waals surface area contributed by atoms with Crippen LogP contribution in [0.1, 0.15) is 20.8 Å². The van der Waals surface area contributed by atoms with Crippen molar-refractivity contribution >= 4 is 25.7 Å². The fourth-order valence-electron chi connectivity index (χ4n) is 1.72. The third-order valence-electron chi connectivity index (χ3n) is 2.39. The number of rotatable bonds is 5. The zero-order valence-electron chi connectivity index (χ0n) is 12.4. The maximum atomic E-state index is 12.1. The van der Waals surface area contributed by atoms with Crippen LogP contribution in [-0.4, -0.2) is 29.7 Å². The lowest BCUT2D eigenvalue weighted by atomic mass is 10.0. The van der Waals surface area contributed by atoms with Gasteiger partial charge in [0.25, 0.3) is 0 Å². The highest BCUT2D eigenvalue weighted by molar-refractivity contribution is 7.92. The van der Waals surface area contributed by atoms with Crippen molar-refractivity contribution in [2.24, 2.45) is 10.6 Å². The van der Waals surface area contributed by atoms with Gasteiger partial charge in [-0.3, -0.25) is 4.72 Å². The molecule has 0 aliphatic rings. The van der Waals surface area contributed by atoms with E-state index in [-0.39, 0.29) is 22.1 Å². The molecule has 0 spiro atoms. The van der Waals surface area contributed by atoms with Gasteiger partial charge in [-0.05, 0) is 23.6 Å². The van der Waals surface area contributed by atoms with Crippen LogP contribution in [0.25, 0.3) is 0 Å². The van der Waals surface area contributed by atoms with Gasteiger partial charge >= 0.3 is 0 Å². The first-order chi connectivity index (χ1) is 9.34. The smallest absolute Gasteiger partial charge is 0.238 e. The third kappa shape index (κ3) is 5.52. The van der Waals surface area contributed by atoms with Crippen molar-refractivity contribution in [3.8, 4) is 5.75 Å². The van der Waals surface area contributed by atoms with E-state index in [9.17, 15) is 16.8 Å². The van der Waals surface area contributed by atoms with E-state index in [0.29, 0.717) is 0 Å². The lowest BCUT2D eigenvalue weighted by Gasteiger charge is -2.19. The summed E-state index contributed by atoms with van der Waals surface area (Å²) in [6.45, 7) is 5.35. The molecule has 0 heterocycles. The standard InChI is InChI=1S/C12H20N2O5S2/c1-12(2,3)8-20(15,16)14-10-7-9(21(13,17)18)5-6-11(10)19-4/h5-7,14H,8H2,1-4H3,(H2,13,17,18). The van der Waals surface area contributed by atoms with E-state index in [2.05, 4.69) is 4.72 Å². The van der Waals surface area contributed by atoms with Gasteiger partial charge in [0.05, 0.1) is 23.4 Å². The molecule has 0 aliphatic heterocycles. The van der Waals surface area contributed by atoms with Crippen molar-refractivity contribution in [1.29, 1.82) is 0 Å². The van der Waals surface area contributed by atoms with Gasteiger partial charge in [0.15, 0.2) is 0 Å². The molecule has 1 rings (SSSR count). The van der Waals surface area contributed by atoms with Crippen molar-refractivity contribution in [3.05, 3.63) is 18.2 Å². The van der Waals surface area contributed by atoms with E-state index in [0.717, 1.165) is 6.07 Å². The van der Waals surface area contributed by atoms with Gasteiger partial charge in [0.2, 0.25) is 20.0 Å². The minimum atomic E-state index is -3.93. The third-order valence-corrected chi connectivity index (χ3v) is 5.08. The predicted octanol–water partition coefficient (Wildman–Crippen LogP) is 1.13. The number of nitrogens with two attached hydrogens (primary N) is 1. The van der Waals surface area contributed by atoms with E-state index >= 15 is 0 Å². The van der Waals surface area contributed by atoms with Crippen LogP contribution in [0.3, 0.4) is 0 Å². The topological polar surface area (TPSA) is 116 Å². The summed E-state index contributed by atoms with van der Waals surface area (Å²) in [6.07, 6.45) is 0. The average Bonchev–Trinajstić information content (AvgIpc) is 2.23. The zero-order chi connectivity index (χ0) is 16.5. The van der Waals surface area contributed by atoms with Crippen molar-refractivity contribution in [2.75, 3.05) is 17.6 Å². The Kier molecular flexibility index (Phi) is 4.91. The van der Waals surface area contributed by atoms with E-state index in [1.807, 2.05) is 0 Å². The molecule has 7 nitrogen and oxygen atoms in total. The number of ether oxygens (including phenoxy) is 1. The number of nitrogens with one attached hydrogen (secondary N) is 1. The molecule has 0 fully saturated rings. The second kappa shape index (κ2) is 5.82. The van der Waals surface area contributed by atoms with Crippen LogP contribution >= 0.6 is 0 Å². The molecule has 0 amide bonds. The second-order valence-electron chi connectivity index (χ2n) is 5.83. The van der Waals surface area contributed by atoms with E-state index < -0.39 is 25.5 Å². The molecule has 0 radical (unpaired) electrons. The van der Waals surface area contributed by atoms with Crippen LogP contribution in [0.4, 0.5) is 5.69 Å². The quantitative estimate of drug-likeness (QED) is 0.836. The van der Waals surface area contributed by atoms with Crippen LogP contribution in [0.15, 0.2) is 23.1 Å². The molecule has 21 heavy (non-hydrogen) atoms. The van der Waals surface area contributed by atoms with Gasteiger partial charge in [-0.15, -0.1) is 0 Å². The van der Waals surface area contributed by atoms with Crippen LogP contribution in [0.2, 0.25) is 0 Å². The molecule has 9 heteroatoms. The molecular formula is C12H20N2O5S2. The van der Waals surface area contributed by atoms with Crippen molar-refractivity contribution in [3.63, 3.8) is 0 Å². The normalized spacial score (nSPS) is 13.0. The number of methoxy groups -OCH3 is 1. The number of hydrogen-bond acceptors (Lipinski definition) is 5. The Labute approximate surface area is 125 Å². The van der Waals surface area contributed by atoms with Gasteiger partial charge in [0.1, 0.15) is 5.75 Å². The zero-order valence-corrected chi connectivity index (χ0v) is 14.0. The SMILES string of the molecule is COc1ccc(S(N)(=O)=O)cc1NS(=O)(=O)CC(C)(C)C. The number of benzene rings is 1. The lowest BCUT2D eigenvalue weighted by molar-refractivity contribution is 0.416. The number of hydrogen-bond donors (Lipinski definition) is 2. The highest BCUT2D eigenvalue weighted by Crippen LogP contribution is 2.29. The summed E-state index contributed by atoms with van der Waals surface area (Å²) >= 11 is 0. The van der Waals surface area contributed by atoms with E-state index in [1.165, 1.54) is 19.2 Å².